The van der Waals surface area contributed by atoms with Gasteiger partial charge in [0.1, 0.15) is 5.82 Å². The Bertz CT molecular complexity index is 683. The van der Waals surface area contributed by atoms with Crippen molar-refractivity contribution in [2.45, 2.75) is 17.9 Å². The Morgan fingerprint density at radius 3 is 2.70 bits per heavy atom. The van der Waals surface area contributed by atoms with Crippen LogP contribution >= 0.6 is 11.3 Å². The van der Waals surface area contributed by atoms with E-state index in [9.17, 15) is 12.8 Å². The van der Waals surface area contributed by atoms with Gasteiger partial charge in [0, 0.05) is 18.0 Å². The van der Waals surface area contributed by atoms with Crippen molar-refractivity contribution in [1.29, 1.82) is 0 Å². The Balaban J connectivity index is 2.02. The van der Waals surface area contributed by atoms with Gasteiger partial charge in [0.25, 0.3) is 0 Å². The van der Waals surface area contributed by atoms with Crippen molar-refractivity contribution in [3.8, 4) is 0 Å². The number of halogens is 1. The molecule has 108 valence electrons. The molecule has 3 N–H and O–H groups in total. The lowest BCUT2D eigenvalue weighted by molar-refractivity contribution is 0.577. The summed E-state index contributed by atoms with van der Waals surface area (Å²) in [5, 5.41) is 1.69. The molecule has 0 bridgehead atoms. The van der Waals surface area contributed by atoms with Crippen LogP contribution in [-0.2, 0) is 23.0 Å². The minimum atomic E-state index is -3.58. The molecule has 2 rings (SSSR count). The quantitative estimate of drug-likeness (QED) is 0.855. The van der Waals surface area contributed by atoms with Gasteiger partial charge in [-0.2, -0.15) is 0 Å². The topological polar surface area (TPSA) is 72.2 Å². The number of hydrogen-bond donors (Lipinski definition) is 2. The standard InChI is InChI=1S/C13H15FN2O2S2/c14-11-4-2-1-3-10(11)5-7-16-20(17,18)13-6-8-19-12(13)9-15/h1-4,6,8,16H,5,7,9,15H2. The van der Waals surface area contributed by atoms with Crippen LogP contribution in [0.3, 0.4) is 0 Å². The number of nitrogens with two attached hydrogens (primary N) is 1. The predicted molar refractivity (Wildman–Crippen MR) is 77.5 cm³/mol. The van der Waals surface area contributed by atoms with Gasteiger partial charge >= 0.3 is 0 Å². The maximum absolute atomic E-state index is 13.4. The van der Waals surface area contributed by atoms with Gasteiger partial charge in [-0.15, -0.1) is 11.3 Å². The van der Waals surface area contributed by atoms with Crippen molar-refractivity contribution < 1.29 is 12.8 Å². The molecule has 0 atom stereocenters. The van der Waals surface area contributed by atoms with Crippen molar-refractivity contribution in [1.82, 2.24) is 4.72 Å². The second-order valence-electron chi connectivity index (χ2n) is 4.15. The van der Waals surface area contributed by atoms with E-state index in [1.807, 2.05) is 0 Å². The summed E-state index contributed by atoms with van der Waals surface area (Å²) in [4.78, 5) is 0.821. The normalized spacial score (nSPS) is 11.7. The van der Waals surface area contributed by atoms with Crippen LogP contribution in [0, 0.1) is 5.82 Å². The molecule has 0 aliphatic rings. The van der Waals surface area contributed by atoms with Crippen LogP contribution in [0.1, 0.15) is 10.4 Å². The Morgan fingerprint density at radius 2 is 2.00 bits per heavy atom. The van der Waals surface area contributed by atoms with Gasteiger partial charge in [-0.05, 0) is 29.5 Å². The van der Waals surface area contributed by atoms with E-state index in [1.54, 1.807) is 23.6 Å². The van der Waals surface area contributed by atoms with Gasteiger partial charge in [-0.1, -0.05) is 18.2 Å². The molecule has 0 fully saturated rings. The Hall–Kier alpha value is -1.28. The summed E-state index contributed by atoms with van der Waals surface area (Å²) in [6.07, 6.45) is 0.300. The van der Waals surface area contributed by atoms with Gasteiger partial charge in [0.05, 0.1) is 4.90 Å². The lowest BCUT2D eigenvalue weighted by atomic mass is 10.1. The van der Waals surface area contributed by atoms with Gasteiger partial charge in [0.15, 0.2) is 0 Å². The molecule has 1 aromatic carbocycles. The van der Waals surface area contributed by atoms with Crippen LogP contribution in [0.2, 0.25) is 0 Å². The third-order valence-electron chi connectivity index (χ3n) is 2.82. The minimum Gasteiger partial charge on any atom is -0.326 e. The Kier molecular flexibility index (Phi) is 4.87. The summed E-state index contributed by atoms with van der Waals surface area (Å²) in [6.45, 7) is 0.324. The fourth-order valence-corrected chi connectivity index (χ4v) is 4.18. The molecule has 0 unspecified atom stereocenters. The zero-order chi connectivity index (χ0) is 14.6. The van der Waals surface area contributed by atoms with Gasteiger partial charge in [-0.25, -0.2) is 17.5 Å². The highest BCUT2D eigenvalue weighted by atomic mass is 32.2. The molecular formula is C13H15FN2O2S2. The summed E-state index contributed by atoms with van der Waals surface area (Å²) in [5.41, 5.74) is 5.99. The summed E-state index contributed by atoms with van der Waals surface area (Å²) >= 11 is 1.30. The number of thiophene rings is 1. The molecular weight excluding hydrogens is 299 g/mol. The first-order valence-corrected chi connectivity index (χ1v) is 8.40. The number of nitrogens with one attached hydrogen (secondary N) is 1. The van der Waals surface area contributed by atoms with Gasteiger partial charge < -0.3 is 5.73 Å². The monoisotopic (exact) mass is 314 g/mol. The van der Waals surface area contributed by atoms with Crippen LogP contribution in [0.15, 0.2) is 40.6 Å². The average molecular weight is 314 g/mol. The summed E-state index contributed by atoms with van der Waals surface area (Å²) in [7, 11) is -3.58. The minimum absolute atomic E-state index is 0.142. The van der Waals surface area contributed by atoms with Gasteiger partial charge in [-0.3, -0.25) is 0 Å². The van der Waals surface area contributed by atoms with Crippen molar-refractivity contribution >= 4 is 21.4 Å². The van der Waals surface area contributed by atoms with Crippen molar-refractivity contribution in [3.63, 3.8) is 0 Å². The van der Waals surface area contributed by atoms with E-state index in [0.717, 1.165) is 0 Å². The summed E-state index contributed by atoms with van der Waals surface area (Å²) in [5.74, 6) is -0.329. The maximum Gasteiger partial charge on any atom is 0.241 e. The molecule has 0 aliphatic carbocycles. The zero-order valence-electron chi connectivity index (χ0n) is 10.7. The van der Waals surface area contributed by atoms with Gasteiger partial charge in [0.2, 0.25) is 10.0 Å². The second-order valence-corrected chi connectivity index (χ2v) is 6.89. The zero-order valence-corrected chi connectivity index (χ0v) is 12.3. The maximum atomic E-state index is 13.4. The van der Waals surface area contributed by atoms with Crippen LogP contribution in [0.5, 0.6) is 0 Å². The molecule has 0 saturated carbocycles. The first kappa shape index (κ1) is 15.1. The predicted octanol–water partition coefficient (Wildman–Crippen LogP) is 1.87. The van der Waals surface area contributed by atoms with Crippen LogP contribution in [0.4, 0.5) is 4.39 Å². The van der Waals surface area contributed by atoms with Crippen LogP contribution in [-0.4, -0.2) is 15.0 Å². The first-order chi connectivity index (χ1) is 9.54. The largest absolute Gasteiger partial charge is 0.326 e. The van der Waals surface area contributed by atoms with E-state index in [2.05, 4.69) is 4.72 Å². The number of sulfonamides is 1. The highest BCUT2D eigenvalue weighted by Gasteiger charge is 2.18. The number of hydrogen-bond acceptors (Lipinski definition) is 4. The van der Waals surface area contributed by atoms with E-state index in [1.165, 1.54) is 23.5 Å². The van der Waals surface area contributed by atoms with E-state index in [4.69, 9.17) is 5.73 Å². The molecule has 20 heavy (non-hydrogen) atoms. The summed E-state index contributed by atoms with van der Waals surface area (Å²) in [6, 6.07) is 7.84. The van der Waals surface area contributed by atoms with E-state index in [0.29, 0.717) is 16.9 Å². The van der Waals surface area contributed by atoms with E-state index in [-0.39, 0.29) is 23.8 Å². The third kappa shape index (κ3) is 3.43. The molecule has 2 aromatic rings. The van der Waals surface area contributed by atoms with Crippen molar-refractivity contribution in [2.24, 2.45) is 5.73 Å². The molecule has 1 aromatic heterocycles. The molecule has 4 nitrogen and oxygen atoms in total. The third-order valence-corrected chi connectivity index (χ3v) is 5.44. The summed E-state index contributed by atoms with van der Waals surface area (Å²) < 4.78 is 40.1. The van der Waals surface area contributed by atoms with Crippen molar-refractivity contribution in [2.75, 3.05) is 6.54 Å². The highest BCUT2D eigenvalue weighted by Crippen LogP contribution is 2.21. The Morgan fingerprint density at radius 1 is 1.25 bits per heavy atom. The van der Waals surface area contributed by atoms with Crippen LogP contribution < -0.4 is 10.5 Å². The fourth-order valence-electron chi connectivity index (χ4n) is 1.82. The second kappa shape index (κ2) is 6.45. The van der Waals surface area contributed by atoms with E-state index >= 15 is 0 Å². The average Bonchev–Trinajstić information content (AvgIpc) is 2.90. The smallest absolute Gasteiger partial charge is 0.241 e. The lowest BCUT2D eigenvalue weighted by Gasteiger charge is -2.07. The molecule has 0 saturated heterocycles. The molecule has 0 aliphatic heterocycles. The number of benzene rings is 1. The SMILES string of the molecule is NCc1sccc1S(=O)(=O)NCCc1ccccc1F. The Labute approximate surface area is 121 Å². The molecule has 0 spiro atoms. The van der Waals surface area contributed by atoms with Crippen molar-refractivity contribution in [3.05, 3.63) is 52.0 Å². The molecule has 0 radical (unpaired) electrons. The highest BCUT2D eigenvalue weighted by molar-refractivity contribution is 7.89. The van der Waals surface area contributed by atoms with Crippen LogP contribution in [0.25, 0.3) is 0 Å². The number of rotatable bonds is 6. The first-order valence-electron chi connectivity index (χ1n) is 6.04. The molecule has 1 heterocycles. The fraction of sp³-hybridized carbons (Fsp3) is 0.231. The van der Waals surface area contributed by atoms with E-state index < -0.39 is 10.0 Å². The molecule has 0 amide bonds. The lowest BCUT2D eigenvalue weighted by Crippen LogP contribution is -2.26. The molecule has 7 heteroatoms.